The molecule has 0 aromatic carbocycles. The van der Waals surface area contributed by atoms with E-state index in [1.807, 2.05) is 11.8 Å². The first-order valence-corrected chi connectivity index (χ1v) is 6.71. The van der Waals surface area contributed by atoms with Crippen molar-refractivity contribution in [2.24, 2.45) is 5.92 Å². The molecule has 6 nitrogen and oxygen atoms in total. The quantitative estimate of drug-likeness (QED) is 0.841. The Bertz CT molecular complexity index is 568. The molecule has 2 fully saturated rings. The number of nitrogens with zero attached hydrogens (tertiary/aromatic N) is 2. The van der Waals surface area contributed by atoms with Gasteiger partial charge in [0.25, 0.3) is 5.56 Å². The third kappa shape index (κ3) is 1.91. The van der Waals surface area contributed by atoms with Crippen LogP contribution in [0.3, 0.4) is 0 Å². The zero-order valence-corrected chi connectivity index (χ0v) is 10.8. The van der Waals surface area contributed by atoms with Crippen LogP contribution >= 0.6 is 0 Å². The third-order valence-electron chi connectivity index (χ3n) is 4.23. The summed E-state index contributed by atoms with van der Waals surface area (Å²) < 4.78 is 0. The smallest absolute Gasteiger partial charge is 0.308 e. The van der Waals surface area contributed by atoms with E-state index < -0.39 is 5.97 Å². The topological polar surface area (TPSA) is 86.3 Å². The third-order valence-corrected chi connectivity index (χ3v) is 4.23. The van der Waals surface area contributed by atoms with Gasteiger partial charge in [0.1, 0.15) is 11.6 Å². The van der Waals surface area contributed by atoms with Crippen molar-refractivity contribution in [1.29, 1.82) is 0 Å². The molecule has 3 heterocycles. The fraction of sp³-hybridized carbons (Fsp3) is 0.615. The summed E-state index contributed by atoms with van der Waals surface area (Å²) in [5, 5.41) is 9.24. The number of fused-ring (bicyclic) bond motifs is 2. The van der Waals surface area contributed by atoms with E-state index in [9.17, 15) is 14.7 Å². The van der Waals surface area contributed by atoms with Crippen LogP contribution in [0.5, 0.6) is 0 Å². The number of aryl methyl sites for hydroxylation is 1. The molecule has 0 aliphatic carbocycles. The van der Waals surface area contributed by atoms with Gasteiger partial charge in [-0.2, -0.15) is 0 Å². The molecular weight excluding hydrogens is 246 g/mol. The Morgan fingerprint density at radius 2 is 2.37 bits per heavy atom. The second-order valence-corrected chi connectivity index (χ2v) is 5.29. The highest BCUT2D eigenvalue weighted by molar-refractivity contribution is 5.73. The molecule has 2 aliphatic rings. The number of aliphatic carboxylic acids is 1. The summed E-state index contributed by atoms with van der Waals surface area (Å²) in [6, 6.07) is 1.68. The van der Waals surface area contributed by atoms with Crippen LogP contribution in [0, 0.1) is 5.92 Å². The van der Waals surface area contributed by atoms with E-state index in [2.05, 4.69) is 9.97 Å². The van der Waals surface area contributed by atoms with E-state index in [0.29, 0.717) is 24.5 Å². The van der Waals surface area contributed by atoms with Crippen LogP contribution in [0.4, 0.5) is 5.82 Å². The average molecular weight is 263 g/mol. The second-order valence-electron chi connectivity index (χ2n) is 5.29. The monoisotopic (exact) mass is 263 g/mol. The summed E-state index contributed by atoms with van der Waals surface area (Å²) in [5.41, 5.74) is -0.167. The molecule has 0 amide bonds. The van der Waals surface area contributed by atoms with Crippen LogP contribution in [0.2, 0.25) is 0 Å². The van der Waals surface area contributed by atoms with Crippen LogP contribution < -0.4 is 10.5 Å². The van der Waals surface area contributed by atoms with E-state index in [0.717, 1.165) is 12.8 Å². The van der Waals surface area contributed by atoms with Crippen LogP contribution in [0.1, 0.15) is 32.0 Å². The number of aromatic amines is 1. The Balaban J connectivity index is 1.97. The number of hydrogen-bond acceptors (Lipinski definition) is 4. The summed E-state index contributed by atoms with van der Waals surface area (Å²) in [7, 11) is 0. The molecule has 2 aliphatic heterocycles. The van der Waals surface area contributed by atoms with Gasteiger partial charge in [-0.3, -0.25) is 9.59 Å². The maximum absolute atomic E-state index is 11.6. The number of carboxylic acid groups (broad SMARTS) is 1. The van der Waals surface area contributed by atoms with Crippen LogP contribution in [-0.4, -0.2) is 33.1 Å². The van der Waals surface area contributed by atoms with Crippen LogP contribution in [0.25, 0.3) is 0 Å². The first-order chi connectivity index (χ1) is 9.10. The Morgan fingerprint density at radius 1 is 1.58 bits per heavy atom. The van der Waals surface area contributed by atoms with E-state index >= 15 is 0 Å². The van der Waals surface area contributed by atoms with E-state index in [-0.39, 0.29) is 23.6 Å². The van der Waals surface area contributed by atoms with Gasteiger partial charge in [0.15, 0.2) is 0 Å². The van der Waals surface area contributed by atoms with Gasteiger partial charge in [-0.15, -0.1) is 0 Å². The van der Waals surface area contributed by atoms with E-state index in [4.69, 9.17) is 0 Å². The maximum atomic E-state index is 11.6. The van der Waals surface area contributed by atoms with Crippen molar-refractivity contribution in [2.75, 3.05) is 4.90 Å². The molecule has 3 unspecified atom stereocenters. The van der Waals surface area contributed by atoms with Gasteiger partial charge in [-0.05, 0) is 19.3 Å². The molecule has 1 aromatic rings. The molecule has 2 saturated heterocycles. The minimum atomic E-state index is -0.738. The number of carbonyl (C=O) groups is 1. The molecule has 3 rings (SSSR count). The Morgan fingerprint density at radius 3 is 3.00 bits per heavy atom. The molecule has 2 N–H and O–H groups in total. The lowest BCUT2D eigenvalue weighted by atomic mass is 9.89. The molecule has 1 aromatic heterocycles. The lowest BCUT2D eigenvalue weighted by molar-refractivity contribution is -0.142. The molecule has 6 heteroatoms. The van der Waals surface area contributed by atoms with Gasteiger partial charge in [0.2, 0.25) is 0 Å². The number of carboxylic acids is 1. The first-order valence-electron chi connectivity index (χ1n) is 6.71. The van der Waals surface area contributed by atoms with Gasteiger partial charge in [-0.25, -0.2) is 4.98 Å². The average Bonchev–Trinajstić information content (AvgIpc) is 2.95. The van der Waals surface area contributed by atoms with Gasteiger partial charge in [0.05, 0.1) is 5.92 Å². The van der Waals surface area contributed by atoms with Crippen molar-refractivity contribution in [1.82, 2.24) is 9.97 Å². The highest BCUT2D eigenvalue weighted by Gasteiger charge is 2.49. The summed E-state index contributed by atoms with van der Waals surface area (Å²) in [5.74, 6) is 0.222. The molecule has 2 bridgehead atoms. The second kappa shape index (κ2) is 4.36. The molecule has 0 spiro atoms. The highest BCUT2D eigenvalue weighted by Crippen LogP contribution is 2.43. The fourth-order valence-corrected chi connectivity index (χ4v) is 3.40. The molecule has 0 radical (unpaired) electrons. The Kier molecular flexibility index (Phi) is 2.80. The normalized spacial score (nSPS) is 28.9. The number of H-pyrrole nitrogens is 1. The molecule has 3 atom stereocenters. The molecule has 102 valence electrons. The largest absolute Gasteiger partial charge is 0.481 e. The summed E-state index contributed by atoms with van der Waals surface area (Å²) in [6.07, 6.45) is 3.19. The Labute approximate surface area is 110 Å². The van der Waals surface area contributed by atoms with Gasteiger partial charge >= 0.3 is 5.97 Å². The van der Waals surface area contributed by atoms with Crippen molar-refractivity contribution in [3.05, 3.63) is 22.2 Å². The number of rotatable bonds is 3. The SMILES string of the molecule is CCc1nc(N2C3CCC2C(C(=O)O)C3)cc(=O)[nH]1. The van der Waals surface area contributed by atoms with Gasteiger partial charge in [0, 0.05) is 24.6 Å². The standard InChI is InChI=1S/C13H17N3O3/c1-2-10-14-11(6-12(17)15-10)16-7-3-4-9(16)8(5-7)13(18)19/h6-9H,2-5H2,1H3,(H,18,19)(H,14,15,17). The van der Waals surface area contributed by atoms with Crippen molar-refractivity contribution >= 4 is 11.8 Å². The number of aromatic nitrogens is 2. The van der Waals surface area contributed by atoms with Crippen molar-refractivity contribution in [2.45, 2.75) is 44.7 Å². The van der Waals surface area contributed by atoms with Crippen LogP contribution in [-0.2, 0) is 11.2 Å². The van der Waals surface area contributed by atoms with Crippen molar-refractivity contribution in [3.63, 3.8) is 0 Å². The van der Waals surface area contributed by atoms with Crippen molar-refractivity contribution in [3.8, 4) is 0 Å². The predicted octanol–water partition coefficient (Wildman–Crippen LogP) is 0.774. The first kappa shape index (κ1) is 12.2. The zero-order valence-electron chi connectivity index (χ0n) is 10.8. The molecule has 19 heavy (non-hydrogen) atoms. The lowest BCUT2D eigenvalue weighted by Gasteiger charge is -2.24. The van der Waals surface area contributed by atoms with Crippen LogP contribution in [0.15, 0.2) is 10.9 Å². The molecular formula is C13H17N3O3. The highest BCUT2D eigenvalue weighted by atomic mass is 16.4. The zero-order chi connectivity index (χ0) is 13.6. The maximum Gasteiger partial charge on any atom is 0.308 e. The lowest BCUT2D eigenvalue weighted by Crippen LogP contribution is -2.34. The minimum Gasteiger partial charge on any atom is -0.481 e. The summed E-state index contributed by atoms with van der Waals surface area (Å²) in [4.78, 5) is 32.1. The summed E-state index contributed by atoms with van der Waals surface area (Å²) >= 11 is 0. The number of anilines is 1. The minimum absolute atomic E-state index is 0.0125. The van der Waals surface area contributed by atoms with Crippen molar-refractivity contribution < 1.29 is 9.90 Å². The number of nitrogens with one attached hydrogen (secondary N) is 1. The van der Waals surface area contributed by atoms with Gasteiger partial charge < -0.3 is 15.0 Å². The summed E-state index contributed by atoms with van der Waals surface area (Å²) in [6.45, 7) is 1.93. The molecule has 0 saturated carbocycles. The number of hydrogen-bond donors (Lipinski definition) is 2. The van der Waals surface area contributed by atoms with E-state index in [1.54, 1.807) is 0 Å². The Hall–Kier alpha value is -1.85. The predicted molar refractivity (Wildman–Crippen MR) is 69.3 cm³/mol. The fourth-order valence-electron chi connectivity index (χ4n) is 3.40. The van der Waals surface area contributed by atoms with Gasteiger partial charge in [-0.1, -0.05) is 6.92 Å². The van der Waals surface area contributed by atoms with E-state index in [1.165, 1.54) is 6.07 Å².